The number of rotatable bonds is 5. The highest BCUT2D eigenvalue weighted by Crippen LogP contribution is 2.32. The average Bonchev–Trinajstić information content (AvgIpc) is 2.96. The van der Waals surface area contributed by atoms with Crippen LogP contribution in [0.2, 0.25) is 0 Å². The van der Waals surface area contributed by atoms with Crippen LogP contribution in [-0.2, 0) is 6.42 Å². The first-order valence-corrected chi connectivity index (χ1v) is 8.32. The summed E-state index contributed by atoms with van der Waals surface area (Å²) in [6.45, 7) is 5.77. The van der Waals surface area contributed by atoms with E-state index in [1.54, 1.807) is 10.4 Å². The van der Waals surface area contributed by atoms with Gasteiger partial charge < -0.3 is 5.32 Å². The first-order chi connectivity index (χ1) is 9.84. The van der Waals surface area contributed by atoms with Gasteiger partial charge in [0.1, 0.15) is 0 Å². The molecule has 2 aromatic rings. The molecule has 1 unspecified atom stereocenters. The third-order valence-electron chi connectivity index (χ3n) is 4.13. The average molecular weight is 286 g/mol. The van der Waals surface area contributed by atoms with Crippen molar-refractivity contribution < 1.29 is 0 Å². The van der Waals surface area contributed by atoms with E-state index in [0.29, 0.717) is 6.04 Å². The van der Waals surface area contributed by atoms with Crippen molar-refractivity contribution in [3.8, 4) is 0 Å². The first kappa shape index (κ1) is 13.7. The smallest absolute Gasteiger partial charge is 0.0340 e. The third-order valence-corrected chi connectivity index (χ3v) is 5.13. The van der Waals surface area contributed by atoms with Gasteiger partial charge in [-0.2, -0.15) is 0 Å². The van der Waals surface area contributed by atoms with E-state index in [0.717, 1.165) is 6.54 Å². The van der Waals surface area contributed by atoms with Crippen LogP contribution in [0.25, 0.3) is 0 Å². The highest BCUT2D eigenvalue weighted by atomic mass is 32.1. The van der Waals surface area contributed by atoms with Gasteiger partial charge >= 0.3 is 0 Å². The first-order valence-electron chi connectivity index (χ1n) is 7.44. The van der Waals surface area contributed by atoms with Crippen LogP contribution >= 0.6 is 11.3 Å². The minimum atomic E-state index is 0.585. The van der Waals surface area contributed by atoms with E-state index in [-0.39, 0.29) is 0 Å². The van der Waals surface area contributed by atoms with Crippen LogP contribution in [-0.4, -0.2) is 24.5 Å². The maximum Gasteiger partial charge on any atom is 0.0340 e. The molecule has 20 heavy (non-hydrogen) atoms. The molecule has 3 rings (SSSR count). The summed E-state index contributed by atoms with van der Waals surface area (Å²) >= 11 is 1.92. The van der Waals surface area contributed by atoms with Crippen LogP contribution in [0.5, 0.6) is 0 Å². The van der Waals surface area contributed by atoms with Gasteiger partial charge in [0.15, 0.2) is 0 Å². The lowest BCUT2D eigenvalue weighted by atomic mass is 10.0. The van der Waals surface area contributed by atoms with Gasteiger partial charge in [0.05, 0.1) is 0 Å². The summed E-state index contributed by atoms with van der Waals surface area (Å²) < 4.78 is 0. The molecular weight excluding hydrogens is 264 g/mol. The topological polar surface area (TPSA) is 15.3 Å². The Morgan fingerprint density at radius 3 is 2.95 bits per heavy atom. The minimum Gasteiger partial charge on any atom is -0.385 e. The van der Waals surface area contributed by atoms with Gasteiger partial charge in [-0.25, -0.2) is 0 Å². The van der Waals surface area contributed by atoms with Crippen molar-refractivity contribution in [2.24, 2.45) is 0 Å². The van der Waals surface area contributed by atoms with Crippen LogP contribution in [0, 0.1) is 0 Å². The van der Waals surface area contributed by atoms with Crippen molar-refractivity contribution in [3.63, 3.8) is 0 Å². The molecule has 0 bridgehead atoms. The number of nitrogens with one attached hydrogen (secondary N) is 1. The Bertz CT molecular complexity index is 535. The van der Waals surface area contributed by atoms with Gasteiger partial charge in [-0.15, -0.1) is 11.3 Å². The number of para-hydroxylation sites is 1. The zero-order chi connectivity index (χ0) is 13.8. The second kappa shape index (κ2) is 6.42. The molecular formula is C17H22N2S. The van der Waals surface area contributed by atoms with Gasteiger partial charge in [0, 0.05) is 36.2 Å². The lowest BCUT2D eigenvalue weighted by Crippen LogP contribution is -2.34. The predicted octanol–water partition coefficient (Wildman–Crippen LogP) is 4.17. The second-order valence-electron chi connectivity index (χ2n) is 5.41. The molecule has 0 spiro atoms. The number of anilines is 1. The van der Waals surface area contributed by atoms with E-state index >= 15 is 0 Å². The fraction of sp³-hybridized carbons (Fsp3) is 0.412. The number of nitrogens with zero attached hydrogens (tertiary/aromatic N) is 1. The lowest BCUT2D eigenvalue weighted by molar-refractivity contribution is 0.200. The summed E-state index contributed by atoms with van der Waals surface area (Å²) in [5.74, 6) is 0. The zero-order valence-corrected chi connectivity index (χ0v) is 12.8. The van der Waals surface area contributed by atoms with Crippen molar-refractivity contribution >= 4 is 17.0 Å². The van der Waals surface area contributed by atoms with Crippen LogP contribution in [0.15, 0.2) is 41.8 Å². The maximum atomic E-state index is 3.49. The van der Waals surface area contributed by atoms with Crippen LogP contribution in [0.3, 0.4) is 0 Å². The van der Waals surface area contributed by atoms with Crippen LogP contribution < -0.4 is 5.32 Å². The summed E-state index contributed by atoms with van der Waals surface area (Å²) in [5.41, 5.74) is 2.77. The highest BCUT2D eigenvalue weighted by molar-refractivity contribution is 7.10. The molecule has 1 aromatic carbocycles. The van der Waals surface area contributed by atoms with E-state index in [9.17, 15) is 0 Å². The summed E-state index contributed by atoms with van der Waals surface area (Å²) in [6, 6.07) is 13.3. The Kier molecular flexibility index (Phi) is 4.38. The molecule has 0 aliphatic carbocycles. The van der Waals surface area contributed by atoms with Gasteiger partial charge in [0.25, 0.3) is 0 Å². The van der Waals surface area contributed by atoms with Crippen molar-refractivity contribution in [3.05, 3.63) is 52.2 Å². The molecule has 3 heteroatoms. The van der Waals surface area contributed by atoms with Crippen molar-refractivity contribution in [2.75, 3.05) is 25.0 Å². The van der Waals surface area contributed by atoms with Gasteiger partial charge in [0.2, 0.25) is 0 Å². The quantitative estimate of drug-likeness (QED) is 0.830. The Morgan fingerprint density at radius 1 is 1.25 bits per heavy atom. The van der Waals surface area contributed by atoms with E-state index in [1.165, 1.54) is 31.6 Å². The van der Waals surface area contributed by atoms with Crippen LogP contribution in [0.1, 0.15) is 29.8 Å². The molecule has 2 heterocycles. The molecule has 1 N–H and O–H groups in total. The van der Waals surface area contributed by atoms with Crippen molar-refractivity contribution in [2.45, 2.75) is 25.8 Å². The maximum absolute atomic E-state index is 3.49. The number of benzene rings is 1. The summed E-state index contributed by atoms with van der Waals surface area (Å²) in [5, 5.41) is 5.73. The number of hydrogen-bond acceptors (Lipinski definition) is 3. The summed E-state index contributed by atoms with van der Waals surface area (Å²) in [6.07, 6.45) is 2.42. The molecule has 0 saturated carbocycles. The van der Waals surface area contributed by atoms with Gasteiger partial charge in [-0.3, -0.25) is 4.90 Å². The molecule has 1 aromatic heterocycles. The molecule has 1 aliphatic heterocycles. The monoisotopic (exact) mass is 286 g/mol. The summed E-state index contributed by atoms with van der Waals surface area (Å²) in [7, 11) is 0. The number of fused-ring (bicyclic) bond motifs is 1. The van der Waals surface area contributed by atoms with Crippen LogP contribution in [0.4, 0.5) is 5.69 Å². The molecule has 0 fully saturated rings. The summed E-state index contributed by atoms with van der Waals surface area (Å²) in [4.78, 5) is 4.21. The molecule has 2 nitrogen and oxygen atoms in total. The molecule has 0 radical (unpaired) electrons. The van der Waals surface area contributed by atoms with E-state index in [1.807, 2.05) is 11.3 Å². The Balaban J connectivity index is 1.46. The fourth-order valence-electron chi connectivity index (χ4n) is 2.94. The largest absolute Gasteiger partial charge is 0.385 e. The third kappa shape index (κ3) is 3.05. The van der Waals surface area contributed by atoms with Crippen molar-refractivity contribution in [1.29, 1.82) is 0 Å². The Morgan fingerprint density at radius 2 is 2.10 bits per heavy atom. The standard InChI is InChI=1S/C17H22N2S/c1-14-16-9-13-20-17(16)8-12-19(14)11-5-10-18-15-6-3-2-4-7-15/h2-4,6-7,9,13-14,18H,5,8,10-12H2,1H3. The molecule has 1 aliphatic rings. The lowest BCUT2D eigenvalue weighted by Gasteiger charge is -2.33. The van der Waals surface area contributed by atoms with Crippen molar-refractivity contribution in [1.82, 2.24) is 4.90 Å². The van der Waals surface area contributed by atoms with Gasteiger partial charge in [-0.1, -0.05) is 18.2 Å². The second-order valence-corrected chi connectivity index (χ2v) is 6.41. The van der Waals surface area contributed by atoms with E-state index in [4.69, 9.17) is 0 Å². The molecule has 0 saturated heterocycles. The Hall–Kier alpha value is -1.32. The zero-order valence-electron chi connectivity index (χ0n) is 12.0. The molecule has 1 atom stereocenters. The van der Waals surface area contributed by atoms with E-state index in [2.05, 4.69) is 58.9 Å². The number of thiophene rings is 1. The SMILES string of the molecule is CC1c2ccsc2CCN1CCCNc1ccccc1. The minimum absolute atomic E-state index is 0.585. The normalized spacial score (nSPS) is 18.8. The van der Waals surface area contributed by atoms with E-state index < -0.39 is 0 Å². The Labute approximate surface area is 125 Å². The number of hydrogen-bond donors (Lipinski definition) is 1. The highest BCUT2D eigenvalue weighted by Gasteiger charge is 2.23. The fourth-order valence-corrected chi connectivity index (χ4v) is 3.90. The predicted molar refractivity (Wildman–Crippen MR) is 87.6 cm³/mol. The molecule has 0 amide bonds. The molecule has 106 valence electrons. The van der Waals surface area contributed by atoms with Gasteiger partial charge in [-0.05, 0) is 48.9 Å².